The van der Waals surface area contributed by atoms with Crippen LogP contribution in [-0.2, 0) is 25.8 Å². The number of fused-ring (bicyclic) bond motifs is 2. The summed E-state index contributed by atoms with van der Waals surface area (Å²) >= 11 is 1.75. The summed E-state index contributed by atoms with van der Waals surface area (Å²) in [5.41, 5.74) is 1.54. The van der Waals surface area contributed by atoms with Crippen LogP contribution in [0, 0.1) is 5.92 Å². The average molecular weight is 468 g/mol. The highest BCUT2D eigenvalue weighted by atomic mass is 32.1. The van der Waals surface area contributed by atoms with E-state index in [-0.39, 0.29) is 23.1 Å². The molecule has 1 amide bonds. The fourth-order valence-electron chi connectivity index (χ4n) is 4.49. The highest BCUT2D eigenvalue weighted by Crippen LogP contribution is 2.40. The van der Waals surface area contributed by atoms with Gasteiger partial charge in [-0.25, -0.2) is 14.8 Å². The fraction of sp³-hybridized carbons (Fsp3) is 0.542. The van der Waals surface area contributed by atoms with Gasteiger partial charge in [0.2, 0.25) is 0 Å². The number of rotatable bonds is 7. The van der Waals surface area contributed by atoms with Gasteiger partial charge in [-0.3, -0.25) is 19.1 Å². The average Bonchev–Trinajstić information content (AvgIpc) is 3.55. The minimum Gasteiger partial charge on any atom is -0.352 e. The smallest absolute Gasteiger partial charge is 0.330 e. The van der Waals surface area contributed by atoms with Gasteiger partial charge in [-0.2, -0.15) is 0 Å². The van der Waals surface area contributed by atoms with E-state index in [0.29, 0.717) is 30.7 Å². The zero-order valence-electron chi connectivity index (χ0n) is 19.1. The Hall–Kier alpha value is -2.81. The van der Waals surface area contributed by atoms with Gasteiger partial charge in [-0.15, -0.1) is 11.3 Å². The number of aromatic nitrogens is 4. The maximum atomic E-state index is 13.2. The van der Waals surface area contributed by atoms with Crippen molar-refractivity contribution < 1.29 is 4.79 Å². The molecule has 0 radical (unpaired) electrons. The van der Waals surface area contributed by atoms with Crippen molar-refractivity contribution in [3.05, 3.63) is 53.7 Å². The number of pyridine rings is 1. The number of carbonyl (C=O) groups excluding carboxylic acids is 1. The molecule has 0 bridgehead atoms. The SMILES string of the molecule is CC(C)Cn1c(=O)[nH]c(=O)c2c(C(=O)NCCc3nc4c(s3)CCCC4)cc(C3CC3)nc21. The van der Waals surface area contributed by atoms with E-state index in [1.807, 2.05) is 13.8 Å². The Morgan fingerprint density at radius 1 is 1.24 bits per heavy atom. The van der Waals surface area contributed by atoms with Crippen LogP contribution < -0.4 is 16.6 Å². The van der Waals surface area contributed by atoms with Crippen molar-refractivity contribution in [2.24, 2.45) is 5.92 Å². The lowest BCUT2D eigenvalue weighted by atomic mass is 10.0. The van der Waals surface area contributed by atoms with Gasteiger partial charge < -0.3 is 5.32 Å². The lowest BCUT2D eigenvalue weighted by Crippen LogP contribution is -2.34. The monoisotopic (exact) mass is 467 g/mol. The Kier molecular flexibility index (Phi) is 5.90. The molecule has 3 aromatic rings. The van der Waals surface area contributed by atoms with Crippen LogP contribution in [0.25, 0.3) is 11.0 Å². The molecule has 2 aliphatic carbocycles. The van der Waals surface area contributed by atoms with Crippen LogP contribution >= 0.6 is 11.3 Å². The van der Waals surface area contributed by atoms with Crippen molar-refractivity contribution in [3.8, 4) is 0 Å². The first-order chi connectivity index (χ1) is 15.9. The summed E-state index contributed by atoms with van der Waals surface area (Å²) in [5.74, 6) is 0.153. The third-order valence-electron chi connectivity index (χ3n) is 6.27. The predicted octanol–water partition coefficient (Wildman–Crippen LogP) is 2.93. The molecule has 0 unspecified atom stereocenters. The summed E-state index contributed by atoms with van der Waals surface area (Å²) < 4.78 is 1.49. The summed E-state index contributed by atoms with van der Waals surface area (Å²) in [6, 6.07) is 1.73. The predicted molar refractivity (Wildman–Crippen MR) is 128 cm³/mol. The van der Waals surface area contributed by atoms with Crippen LogP contribution in [0.2, 0.25) is 0 Å². The molecule has 0 atom stereocenters. The molecule has 0 aromatic carbocycles. The molecule has 3 aromatic heterocycles. The molecular weight excluding hydrogens is 438 g/mol. The lowest BCUT2D eigenvalue weighted by molar-refractivity contribution is 0.0955. The standard InChI is InChI=1S/C24H29N5O3S/c1-13(2)12-29-21-20(23(31)28-24(29)32)15(11-17(27-21)14-7-8-14)22(30)25-10-9-19-26-16-5-3-4-6-18(16)33-19/h11,13-14H,3-10,12H2,1-2H3,(H,25,30)(H,28,31,32). The first-order valence-electron chi connectivity index (χ1n) is 11.8. The Morgan fingerprint density at radius 3 is 2.76 bits per heavy atom. The third kappa shape index (κ3) is 4.51. The second kappa shape index (κ2) is 8.85. The van der Waals surface area contributed by atoms with Gasteiger partial charge in [0.25, 0.3) is 11.5 Å². The lowest BCUT2D eigenvalue weighted by Gasteiger charge is -2.14. The molecule has 33 heavy (non-hydrogen) atoms. The Labute approximate surface area is 195 Å². The molecule has 2 aliphatic rings. The zero-order chi connectivity index (χ0) is 23.1. The van der Waals surface area contributed by atoms with Crippen LogP contribution in [0.4, 0.5) is 0 Å². The van der Waals surface area contributed by atoms with E-state index in [1.165, 1.54) is 28.0 Å². The van der Waals surface area contributed by atoms with E-state index in [2.05, 4.69) is 15.3 Å². The number of aromatic amines is 1. The quantitative estimate of drug-likeness (QED) is 0.555. The van der Waals surface area contributed by atoms with Gasteiger partial charge >= 0.3 is 5.69 Å². The van der Waals surface area contributed by atoms with Crippen molar-refractivity contribution in [1.82, 2.24) is 24.8 Å². The number of aryl methyl sites for hydroxylation is 2. The molecular formula is C24H29N5O3S. The summed E-state index contributed by atoms with van der Waals surface area (Å²) in [5, 5.41) is 4.20. The van der Waals surface area contributed by atoms with Gasteiger partial charge in [-0.05, 0) is 50.5 Å². The zero-order valence-corrected chi connectivity index (χ0v) is 19.9. The number of hydrogen-bond donors (Lipinski definition) is 2. The Bertz CT molecular complexity index is 1310. The highest BCUT2D eigenvalue weighted by molar-refractivity contribution is 7.11. The van der Waals surface area contributed by atoms with Gasteiger partial charge in [0.05, 0.1) is 21.7 Å². The first-order valence-corrected chi connectivity index (χ1v) is 12.7. The maximum Gasteiger partial charge on any atom is 0.330 e. The van der Waals surface area contributed by atoms with Crippen molar-refractivity contribution in [2.45, 2.75) is 71.3 Å². The second-order valence-electron chi connectivity index (χ2n) is 9.52. The van der Waals surface area contributed by atoms with E-state index in [0.717, 1.165) is 36.4 Å². The molecule has 1 fully saturated rings. The molecule has 8 nitrogen and oxygen atoms in total. The normalized spacial score (nSPS) is 15.7. The molecule has 3 heterocycles. The number of H-pyrrole nitrogens is 1. The largest absolute Gasteiger partial charge is 0.352 e. The van der Waals surface area contributed by atoms with Crippen molar-refractivity contribution in [1.29, 1.82) is 0 Å². The van der Waals surface area contributed by atoms with Crippen LogP contribution in [0.3, 0.4) is 0 Å². The third-order valence-corrected chi connectivity index (χ3v) is 7.49. The van der Waals surface area contributed by atoms with Crippen molar-refractivity contribution in [2.75, 3.05) is 6.54 Å². The minimum absolute atomic E-state index is 0.182. The van der Waals surface area contributed by atoms with Crippen LogP contribution in [-0.4, -0.2) is 32.0 Å². The Morgan fingerprint density at radius 2 is 2.03 bits per heavy atom. The molecule has 0 saturated heterocycles. The summed E-state index contributed by atoms with van der Waals surface area (Å²) in [6.07, 6.45) is 7.25. The second-order valence-corrected chi connectivity index (χ2v) is 10.7. The van der Waals surface area contributed by atoms with E-state index >= 15 is 0 Å². The van der Waals surface area contributed by atoms with Crippen LogP contribution in [0.1, 0.15) is 77.1 Å². The minimum atomic E-state index is -0.567. The molecule has 1 saturated carbocycles. The van der Waals surface area contributed by atoms with Crippen molar-refractivity contribution in [3.63, 3.8) is 0 Å². The fourth-order valence-corrected chi connectivity index (χ4v) is 5.64. The topological polar surface area (TPSA) is 110 Å². The van der Waals surface area contributed by atoms with Gasteiger partial charge in [0, 0.05) is 36.0 Å². The number of amides is 1. The molecule has 2 N–H and O–H groups in total. The Balaban J connectivity index is 1.44. The summed E-state index contributed by atoms with van der Waals surface area (Å²) in [6.45, 7) is 4.86. The molecule has 5 rings (SSSR count). The highest BCUT2D eigenvalue weighted by Gasteiger charge is 2.29. The first kappa shape index (κ1) is 22.0. The van der Waals surface area contributed by atoms with Gasteiger partial charge in [0.15, 0.2) is 5.65 Å². The summed E-state index contributed by atoms with van der Waals surface area (Å²) in [7, 11) is 0. The number of nitrogens with zero attached hydrogens (tertiary/aromatic N) is 3. The van der Waals surface area contributed by atoms with E-state index in [4.69, 9.17) is 4.98 Å². The number of hydrogen-bond acceptors (Lipinski definition) is 6. The number of nitrogens with one attached hydrogen (secondary N) is 2. The van der Waals surface area contributed by atoms with Gasteiger partial charge in [-0.1, -0.05) is 13.8 Å². The van der Waals surface area contributed by atoms with Crippen molar-refractivity contribution >= 4 is 28.3 Å². The van der Waals surface area contributed by atoms with E-state index in [1.54, 1.807) is 17.4 Å². The summed E-state index contributed by atoms with van der Waals surface area (Å²) in [4.78, 5) is 51.7. The molecule has 9 heteroatoms. The molecule has 0 aliphatic heterocycles. The van der Waals surface area contributed by atoms with Crippen LogP contribution in [0.5, 0.6) is 0 Å². The molecule has 174 valence electrons. The maximum absolute atomic E-state index is 13.2. The van der Waals surface area contributed by atoms with Gasteiger partial charge in [0.1, 0.15) is 0 Å². The number of carbonyl (C=O) groups is 1. The van der Waals surface area contributed by atoms with Crippen LogP contribution in [0.15, 0.2) is 15.7 Å². The van der Waals surface area contributed by atoms with E-state index in [9.17, 15) is 14.4 Å². The number of thiazole rings is 1. The molecule has 0 spiro atoms. The van der Waals surface area contributed by atoms with E-state index < -0.39 is 11.2 Å².